The summed E-state index contributed by atoms with van der Waals surface area (Å²) in [6.45, 7) is 0. The number of carbonyl (C=O) groups is 1. The monoisotopic (exact) mass is 306 g/mol. The van der Waals surface area contributed by atoms with Crippen LogP contribution in [0.4, 0.5) is 0 Å². The zero-order valence-electron chi connectivity index (χ0n) is 11.2. The molecule has 1 saturated heterocycles. The highest BCUT2D eigenvalue weighted by Gasteiger charge is 2.31. The minimum atomic E-state index is -3.14. The van der Waals surface area contributed by atoms with Crippen molar-refractivity contribution in [2.75, 3.05) is 11.5 Å². The van der Waals surface area contributed by atoms with Crippen molar-refractivity contribution < 1.29 is 13.2 Å². The maximum Gasteiger partial charge on any atom is 0.264 e. The summed E-state index contributed by atoms with van der Waals surface area (Å²) >= 11 is 0. The molecule has 1 unspecified atom stereocenters. The van der Waals surface area contributed by atoms with Crippen LogP contribution in [0, 0.1) is 0 Å². The van der Waals surface area contributed by atoms with Crippen LogP contribution in [0.5, 0.6) is 0 Å². The number of fused-ring (bicyclic) bond motifs is 1. The van der Waals surface area contributed by atoms with Gasteiger partial charge in [-0.05, 0) is 23.9 Å². The molecule has 0 saturated carbocycles. The van der Waals surface area contributed by atoms with Crippen molar-refractivity contribution in [3.63, 3.8) is 0 Å². The molecule has 1 aromatic heterocycles. The first-order chi connectivity index (χ1) is 9.89. The van der Waals surface area contributed by atoms with E-state index >= 15 is 0 Å². The van der Waals surface area contributed by atoms with Gasteiger partial charge in [-0.3, -0.25) is 9.59 Å². The van der Waals surface area contributed by atoms with E-state index in [1.165, 1.54) is 10.6 Å². The summed E-state index contributed by atoms with van der Waals surface area (Å²) in [5.41, 5.74) is 5.24. The molecule has 1 aliphatic rings. The molecule has 1 amide bonds. The topological polar surface area (TPSA) is 99.2 Å². The van der Waals surface area contributed by atoms with Crippen molar-refractivity contribution in [2.24, 2.45) is 5.73 Å². The Morgan fingerprint density at radius 3 is 2.62 bits per heavy atom. The molecular weight excluding hydrogens is 292 g/mol. The summed E-state index contributed by atoms with van der Waals surface area (Å²) in [5.74, 6) is -0.835. The third-order valence-corrected chi connectivity index (χ3v) is 5.53. The number of amides is 1. The summed E-state index contributed by atoms with van der Waals surface area (Å²) in [6.07, 6.45) is 0.369. The second kappa shape index (κ2) is 4.70. The largest absolute Gasteiger partial charge is 0.365 e. The van der Waals surface area contributed by atoms with Gasteiger partial charge in [-0.15, -0.1) is 0 Å². The lowest BCUT2D eigenvalue weighted by Gasteiger charge is -2.17. The molecule has 0 radical (unpaired) electrons. The molecular formula is C14H14N2O4S. The Hall–Kier alpha value is -2.15. The number of hydrogen-bond donors (Lipinski definition) is 1. The predicted molar refractivity (Wildman–Crippen MR) is 79.0 cm³/mol. The highest BCUT2D eigenvalue weighted by atomic mass is 32.2. The van der Waals surface area contributed by atoms with Gasteiger partial charge in [0.05, 0.1) is 23.1 Å². The van der Waals surface area contributed by atoms with Crippen molar-refractivity contribution in [3.05, 3.63) is 46.2 Å². The third-order valence-electron chi connectivity index (χ3n) is 3.78. The summed E-state index contributed by atoms with van der Waals surface area (Å²) in [6, 6.07) is 8.07. The lowest BCUT2D eigenvalue weighted by atomic mass is 10.1. The van der Waals surface area contributed by atoms with E-state index in [0.717, 1.165) is 0 Å². The molecule has 1 atom stereocenters. The van der Waals surface area contributed by atoms with Gasteiger partial charge in [-0.25, -0.2) is 8.42 Å². The SMILES string of the molecule is NC(=O)c1cc2ccccc2n(C2CCS(=O)(=O)C2)c1=O. The van der Waals surface area contributed by atoms with E-state index in [0.29, 0.717) is 17.3 Å². The Labute approximate surface area is 121 Å². The fourth-order valence-corrected chi connectivity index (χ4v) is 4.50. The van der Waals surface area contributed by atoms with Gasteiger partial charge in [-0.2, -0.15) is 0 Å². The number of rotatable bonds is 2. The van der Waals surface area contributed by atoms with Crippen molar-refractivity contribution in [3.8, 4) is 0 Å². The molecule has 1 aromatic carbocycles. The second-order valence-corrected chi connectivity index (χ2v) is 7.44. The number of para-hydroxylation sites is 1. The van der Waals surface area contributed by atoms with Crippen LogP contribution in [0.3, 0.4) is 0 Å². The third kappa shape index (κ3) is 2.33. The Kier molecular flexibility index (Phi) is 3.09. The van der Waals surface area contributed by atoms with Crippen LogP contribution in [-0.4, -0.2) is 30.4 Å². The molecule has 21 heavy (non-hydrogen) atoms. The molecule has 1 fully saturated rings. The molecule has 0 bridgehead atoms. The zero-order valence-corrected chi connectivity index (χ0v) is 12.0. The highest BCUT2D eigenvalue weighted by molar-refractivity contribution is 7.91. The van der Waals surface area contributed by atoms with Crippen LogP contribution >= 0.6 is 0 Å². The Morgan fingerprint density at radius 2 is 2.00 bits per heavy atom. The molecule has 110 valence electrons. The molecule has 2 heterocycles. The maximum atomic E-state index is 12.5. The van der Waals surface area contributed by atoms with E-state index in [-0.39, 0.29) is 17.1 Å². The predicted octanol–water partition coefficient (Wildman–Crippen LogP) is 0.460. The van der Waals surface area contributed by atoms with Gasteiger partial charge in [0.1, 0.15) is 5.56 Å². The van der Waals surface area contributed by atoms with E-state index < -0.39 is 27.3 Å². The van der Waals surface area contributed by atoms with E-state index in [1.54, 1.807) is 24.3 Å². The summed E-state index contributed by atoms with van der Waals surface area (Å²) in [4.78, 5) is 23.9. The fourth-order valence-electron chi connectivity index (χ4n) is 2.80. The quantitative estimate of drug-likeness (QED) is 0.871. The summed E-state index contributed by atoms with van der Waals surface area (Å²) in [7, 11) is -3.14. The summed E-state index contributed by atoms with van der Waals surface area (Å²) < 4.78 is 24.7. The van der Waals surface area contributed by atoms with E-state index in [9.17, 15) is 18.0 Å². The Bertz CT molecular complexity index is 899. The standard InChI is InChI=1S/C14H14N2O4S/c15-13(17)11-7-9-3-1-2-4-12(9)16(14(11)18)10-5-6-21(19,20)8-10/h1-4,7,10H,5-6,8H2,(H2,15,17). The van der Waals surface area contributed by atoms with Crippen LogP contribution in [0.15, 0.2) is 35.1 Å². The number of primary amides is 1. The average Bonchev–Trinajstić information content (AvgIpc) is 2.77. The smallest absolute Gasteiger partial charge is 0.264 e. The minimum Gasteiger partial charge on any atom is -0.365 e. The zero-order chi connectivity index (χ0) is 15.2. The average molecular weight is 306 g/mol. The van der Waals surface area contributed by atoms with E-state index in [2.05, 4.69) is 0 Å². The molecule has 0 aliphatic carbocycles. The molecule has 0 spiro atoms. The number of pyridine rings is 1. The van der Waals surface area contributed by atoms with Crippen LogP contribution in [0.2, 0.25) is 0 Å². The van der Waals surface area contributed by atoms with Gasteiger partial charge in [0, 0.05) is 0 Å². The highest BCUT2D eigenvalue weighted by Crippen LogP contribution is 2.26. The Morgan fingerprint density at radius 1 is 1.29 bits per heavy atom. The van der Waals surface area contributed by atoms with Gasteiger partial charge in [-0.1, -0.05) is 18.2 Å². The Balaban J connectivity index is 2.32. The second-order valence-electron chi connectivity index (χ2n) is 5.21. The van der Waals surface area contributed by atoms with Crippen LogP contribution < -0.4 is 11.3 Å². The molecule has 6 nitrogen and oxygen atoms in total. The van der Waals surface area contributed by atoms with Gasteiger partial charge in [0.15, 0.2) is 9.84 Å². The van der Waals surface area contributed by atoms with Gasteiger partial charge in [0.2, 0.25) is 0 Å². The first-order valence-electron chi connectivity index (χ1n) is 6.53. The lowest BCUT2D eigenvalue weighted by molar-refractivity contribution is 0.0998. The first kappa shape index (κ1) is 13.8. The molecule has 1 aliphatic heterocycles. The number of nitrogens with two attached hydrogens (primary N) is 1. The molecule has 2 aromatic rings. The van der Waals surface area contributed by atoms with Crippen molar-refractivity contribution >= 4 is 26.6 Å². The molecule has 7 heteroatoms. The van der Waals surface area contributed by atoms with Gasteiger partial charge >= 0.3 is 0 Å². The fraction of sp³-hybridized carbons (Fsp3) is 0.286. The van der Waals surface area contributed by atoms with E-state index in [1.807, 2.05) is 0 Å². The van der Waals surface area contributed by atoms with Crippen molar-refractivity contribution in [1.29, 1.82) is 0 Å². The van der Waals surface area contributed by atoms with Crippen molar-refractivity contribution in [1.82, 2.24) is 4.57 Å². The number of benzene rings is 1. The van der Waals surface area contributed by atoms with Crippen LogP contribution in [-0.2, 0) is 9.84 Å². The number of sulfone groups is 1. The summed E-state index contributed by atoms with van der Waals surface area (Å²) in [5, 5.41) is 0.690. The van der Waals surface area contributed by atoms with Crippen molar-refractivity contribution in [2.45, 2.75) is 12.5 Å². The first-order valence-corrected chi connectivity index (χ1v) is 8.36. The molecule has 2 N–H and O–H groups in total. The maximum absolute atomic E-state index is 12.5. The van der Waals surface area contributed by atoms with Gasteiger partial charge in [0.25, 0.3) is 11.5 Å². The molecule has 3 rings (SSSR count). The van der Waals surface area contributed by atoms with Crippen LogP contribution in [0.1, 0.15) is 22.8 Å². The number of aromatic nitrogens is 1. The van der Waals surface area contributed by atoms with Gasteiger partial charge < -0.3 is 10.3 Å². The van der Waals surface area contributed by atoms with E-state index in [4.69, 9.17) is 5.73 Å². The number of nitrogens with zero attached hydrogens (tertiary/aromatic N) is 1. The number of carbonyl (C=O) groups excluding carboxylic acids is 1. The lowest BCUT2D eigenvalue weighted by Crippen LogP contribution is -2.32. The normalized spacial score (nSPS) is 20.7. The minimum absolute atomic E-state index is 0.0548. The number of hydrogen-bond acceptors (Lipinski definition) is 4. The van der Waals surface area contributed by atoms with Crippen LogP contribution in [0.25, 0.3) is 10.9 Å².